The minimum atomic E-state index is -3.24. The number of sulfonamides is 1. The number of hydrogen-bond acceptors (Lipinski definition) is 4. The van der Waals surface area contributed by atoms with E-state index in [-0.39, 0.29) is 17.7 Å². The van der Waals surface area contributed by atoms with Gasteiger partial charge >= 0.3 is 5.97 Å². The van der Waals surface area contributed by atoms with Crippen LogP contribution >= 0.6 is 0 Å². The first-order valence-electron chi connectivity index (χ1n) is 8.11. The van der Waals surface area contributed by atoms with E-state index in [9.17, 15) is 23.1 Å². The molecule has 0 radical (unpaired) electrons. The third-order valence-corrected chi connectivity index (χ3v) is 6.62. The molecule has 8 heteroatoms. The zero-order chi connectivity index (χ0) is 17.4. The van der Waals surface area contributed by atoms with E-state index in [0.29, 0.717) is 32.4 Å². The average molecular weight is 346 g/mol. The van der Waals surface area contributed by atoms with Crippen molar-refractivity contribution in [2.75, 3.05) is 18.8 Å². The molecule has 1 aliphatic heterocycles. The van der Waals surface area contributed by atoms with Crippen molar-refractivity contribution in [2.24, 2.45) is 17.3 Å². The Kier molecular flexibility index (Phi) is 5.06. The standard InChI is InChI=1S/C15H26N2O5S/c1-4-9-23(21,22)16-10-5-7-17(8-6-10)13(18)11-12(14(19)20)15(11,2)3/h10-12,16H,4-9H2,1-3H3,(H,19,20)/t11-,12+/m0/s1. The minimum Gasteiger partial charge on any atom is -0.481 e. The van der Waals surface area contributed by atoms with Gasteiger partial charge in [0.2, 0.25) is 15.9 Å². The molecule has 23 heavy (non-hydrogen) atoms. The molecular formula is C15H26N2O5S. The SMILES string of the molecule is CCCS(=O)(=O)NC1CCN(C(=O)[C@@H]2[C@H](C(=O)O)C2(C)C)CC1. The monoisotopic (exact) mass is 346 g/mol. The van der Waals surface area contributed by atoms with Gasteiger partial charge in [0.15, 0.2) is 0 Å². The maximum absolute atomic E-state index is 12.5. The largest absolute Gasteiger partial charge is 0.481 e. The molecule has 1 saturated carbocycles. The van der Waals surface area contributed by atoms with E-state index in [1.54, 1.807) is 18.7 Å². The van der Waals surface area contributed by atoms with Crippen LogP contribution in [-0.2, 0) is 19.6 Å². The number of hydrogen-bond donors (Lipinski definition) is 2. The molecular weight excluding hydrogens is 320 g/mol. The van der Waals surface area contributed by atoms with Gasteiger partial charge in [-0.3, -0.25) is 9.59 Å². The van der Waals surface area contributed by atoms with Crippen LogP contribution in [0.25, 0.3) is 0 Å². The molecule has 0 unspecified atom stereocenters. The summed E-state index contributed by atoms with van der Waals surface area (Å²) in [6.07, 6.45) is 1.71. The van der Waals surface area contributed by atoms with Crippen molar-refractivity contribution in [1.82, 2.24) is 9.62 Å². The lowest BCUT2D eigenvalue weighted by atomic mass is 10.0. The Balaban J connectivity index is 1.88. The number of carboxylic acid groups (broad SMARTS) is 1. The summed E-state index contributed by atoms with van der Waals surface area (Å²) in [5, 5.41) is 9.18. The third-order valence-electron chi connectivity index (χ3n) is 4.99. The first kappa shape index (κ1) is 18.2. The molecule has 2 atom stereocenters. The molecule has 132 valence electrons. The second kappa shape index (κ2) is 6.39. The topological polar surface area (TPSA) is 104 Å². The number of likely N-dealkylation sites (tertiary alicyclic amines) is 1. The van der Waals surface area contributed by atoms with E-state index in [1.807, 2.05) is 6.92 Å². The van der Waals surface area contributed by atoms with E-state index in [4.69, 9.17) is 0 Å². The number of aliphatic carboxylic acids is 1. The molecule has 1 saturated heterocycles. The van der Waals surface area contributed by atoms with Crippen LogP contribution in [-0.4, -0.2) is 55.2 Å². The number of carboxylic acids is 1. The highest BCUT2D eigenvalue weighted by atomic mass is 32.2. The van der Waals surface area contributed by atoms with Crippen molar-refractivity contribution in [3.8, 4) is 0 Å². The van der Waals surface area contributed by atoms with Crippen LogP contribution in [0.4, 0.5) is 0 Å². The summed E-state index contributed by atoms with van der Waals surface area (Å²) in [5.41, 5.74) is -0.498. The van der Waals surface area contributed by atoms with E-state index >= 15 is 0 Å². The number of nitrogens with one attached hydrogen (secondary N) is 1. The molecule has 0 aromatic carbocycles. The van der Waals surface area contributed by atoms with Gasteiger partial charge in [0.1, 0.15) is 0 Å². The van der Waals surface area contributed by atoms with Crippen LogP contribution in [0.1, 0.15) is 40.0 Å². The summed E-state index contributed by atoms with van der Waals surface area (Å²) in [5.74, 6) is -2.00. The predicted molar refractivity (Wildman–Crippen MR) is 85.2 cm³/mol. The quantitative estimate of drug-likeness (QED) is 0.735. The van der Waals surface area contributed by atoms with Crippen molar-refractivity contribution < 1.29 is 23.1 Å². The predicted octanol–water partition coefficient (Wildman–Crippen LogP) is 0.664. The second-order valence-electron chi connectivity index (χ2n) is 7.15. The molecule has 0 spiro atoms. The summed E-state index contributed by atoms with van der Waals surface area (Å²) in [4.78, 5) is 25.4. The van der Waals surface area contributed by atoms with Crippen LogP contribution in [0.5, 0.6) is 0 Å². The van der Waals surface area contributed by atoms with Gasteiger partial charge in [-0.05, 0) is 24.7 Å². The molecule has 2 N–H and O–H groups in total. The molecule has 0 aromatic heterocycles. The van der Waals surface area contributed by atoms with Gasteiger partial charge in [-0.2, -0.15) is 0 Å². The Hall–Kier alpha value is -1.15. The van der Waals surface area contributed by atoms with E-state index < -0.39 is 33.2 Å². The van der Waals surface area contributed by atoms with Crippen LogP contribution in [0.3, 0.4) is 0 Å². The van der Waals surface area contributed by atoms with E-state index in [2.05, 4.69) is 4.72 Å². The zero-order valence-electron chi connectivity index (χ0n) is 13.9. The molecule has 2 aliphatic rings. The molecule has 1 heterocycles. The highest BCUT2D eigenvalue weighted by molar-refractivity contribution is 7.89. The average Bonchev–Trinajstić information content (AvgIpc) is 3.01. The molecule has 2 rings (SSSR count). The first-order chi connectivity index (χ1) is 10.6. The van der Waals surface area contributed by atoms with Crippen molar-refractivity contribution >= 4 is 21.9 Å². The molecule has 7 nitrogen and oxygen atoms in total. The van der Waals surface area contributed by atoms with Crippen molar-refractivity contribution in [1.29, 1.82) is 0 Å². The number of carbonyl (C=O) groups is 2. The third kappa shape index (κ3) is 3.85. The summed E-state index contributed by atoms with van der Waals surface area (Å²) < 4.78 is 26.2. The molecule has 0 bridgehead atoms. The molecule has 1 amide bonds. The van der Waals surface area contributed by atoms with Gasteiger partial charge in [-0.15, -0.1) is 0 Å². The van der Waals surface area contributed by atoms with Gasteiger partial charge in [-0.25, -0.2) is 13.1 Å². The van der Waals surface area contributed by atoms with Crippen LogP contribution in [0.2, 0.25) is 0 Å². The maximum Gasteiger partial charge on any atom is 0.307 e. The Morgan fingerprint density at radius 1 is 1.22 bits per heavy atom. The minimum absolute atomic E-state index is 0.114. The van der Waals surface area contributed by atoms with Gasteiger partial charge in [-0.1, -0.05) is 20.8 Å². The van der Waals surface area contributed by atoms with Gasteiger partial charge < -0.3 is 10.0 Å². The van der Waals surface area contributed by atoms with Gasteiger partial charge in [0.25, 0.3) is 0 Å². The smallest absolute Gasteiger partial charge is 0.307 e. The highest BCUT2D eigenvalue weighted by Gasteiger charge is 2.66. The zero-order valence-corrected chi connectivity index (χ0v) is 14.7. The summed E-state index contributed by atoms with van der Waals surface area (Å²) >= 11 is 0. The van der Waals surface area contributed by atoms with Crippen molar-refractivity contribution in [3.63, 3.8) is 0 Å². The highest BCUT2D eigenvalue weighted by Crippen LogP contribution is 2.59. The maximum atomic E-state index is 12.5. The lowest BCUT2D eigenvalue weighted by Crippen LogP contribution is -2.47. The number of nitrogens with zero attached hydrogens (tertiary/aromatic N) is 1. The number of amides is 1. The fourth-order valence-corrected chi connectivity index (χ4v) is 4.95. The first-order valence-corrected chi connectivity index (χ1v) is 9.77. The number of piperidine rings is 1. The van der Waals surface area contributed by atoms with Crippen molar-refractivity contribution in [3.05, 3.63) is 0 Å². The Morgan fingerprint density at radius 3 is 2.22 bits per heavy atom. The van der Waals surface area contributed by atoms with Crippen LogP contribution in [0.15, 0.2) is 0 Å². The number of rotatable bonds is 6. The fraction of sp³-hybridized carbons (Fsp3) is 0.867. The van der Waals surface area contributed by atoms with Crippen molar-refractivity contribution in [2.45, 2.75) is 46.1 Å². The normalized spacial score (nSPS) is 27.7. The molecule has 2 fully saturated rings. The summed E-state index contributed by atoms with van der Waals surface area (Å²) in [7, 11) is -3.24. The van der Waals surface area contributed by atoms with Gasteiger partial charge in [0, 0.05) is 19.1 Å². The van der Waals surface area contributed by atoms with Crippen LogP contribution < -0.4 is 4.72 Å². The lowest BCUT2D eigenvalue weighted by Gasteiger charge is -2.32. The Bertz CT molecular complexity index is 579. The lowest BCUT2D eigenvalue weighted by molar-refractivity contribution is -0.142. The fourth-order valence-electron chi connectivity index (χ4n) is 3.56. The van der Waals surface area contributed by atoms with Gasteiger partial charge in [0.05, 0.1) is 17.6 Å². The molecule has 0 aromatic rings. The summed E-state index contributed by atoms with van der Waals surface area (Å²) in [6.45, 7) is 6.37. The van der Waals surface area contributed by atoms with Crippen LogP contribution in [0, 0.1) is 17.3 Å². The Labute approximate surface area is 137 Å². The Morgan fingerprint density at radius 2 is 1.78 bits per heavy atom. The molecule has 1 aliphatic carbocycles. The number of carbonyl (C=O) groups excluding carboxylic acids is 1. The second-order valence-corrected chi connectivity index (χ2v) is 9.02. The van der Waals surface area contributed by atoms with E-state index in [0.717, 1.165) is 0 Å². The van der Waals surface area contributed by atoms with E-state index in [1.165, 1.54) is 0 Å². The summed E-state index contributed by atoms with van der Waals surface area (Å²) in [6, 6.07) is -0.141.